The molecule has 1 N–H and O–H groups in total. The van der Waals surface area contributed by atoms with Gasteiger partial charge in [0.1, 0.15) is 5.41 Å². The lowest BCUT2D eigenvalue weighted by Crippen LogP contribution is -2.46. The topological polar surface area (TPSA) is 49.4 Å². The fourth-order valence-corrected chi connectivity index (χ4v) is 4.11. The molecule has 148 valence electrons. The van der Waals surface area contributed by atoms with Crippen LogP contribution in [-0.4, -0.2) is 29.8 Å². The second-order valence-electron chi connectivity index (χ2n) is 9.13. The number of nitrogens with one attached hydrogen (secondary N) is 1. The number of amides is 2. The van der Waals surface area contributed by atoms with E-state index in [2.05, 4.69) is 58.1 Å². The van der Waals surface area contributed by atoms with Crippen molar-refractivity contribution in [1.82, 2.24) is 4.90 Å². The van der Waals surface area contributed by atoms with E-state index in [-0.39, 0.29) is 11.8 Å². The Hall–Kier alpha value is -1.84. The Labute approximate surface area is 163 Å². The maximum absolute atomic E-state index is 13.2. The second-order valence-corrected chi connectivity index (χ2v) is 9.13. The van der Waals surface area contributed by atoms with Gasteiger partial charge in [0.25, 0.3) is 0 Å². The molecule has 1 aliphatic carbocycles. The summed E-state index contributed by atoms with van der Waals surface area (Å²) >= 11 is 0. The van der Waals surface area contributed by atoms with E-state index in [1.54, 1.807) is 0 Å². The molecule has 1 aromatic rings. The average Bonchev–Trinajstić information content (AvgIpc) is 3.43. The molecule has 27 heavy (non-hydrogen) atoms. The summed E-state index contributed by atoms with van der Waals surface area (Å²) in [5.41, 5.74) is 2.37. The van der Waals surface area contributed by atoms with Gasteiger partial charge in [0, 0.05) is 18.8 Å². The zero-order valence-corrected chi connectivity index (χ0v) is 17.5. The normalized spacial score (nSPS) is 19.4. The number of anilines is 1. The number of likely N-dealkylation sites (tertiary alicyclic amines) is 1. The van der Waals surface area contributed by atoms with Crippen LogP contribution in [0, 0.1) is 11.3 Å². The smallest absolute Gasteiger partial charge is 0.240 e. The van der Waals surface area contributed by atoms with Crippen LogP contribution in [0.4, 0.5) is 5.69 Å². The van der Waals surface area contributed by atoms with E-state index in [0.29, 0.717) is 30.6 Å². The van der Waals surface area contributed by atoms with E-state index in [0.717, 1.165) is 42.7 Å². The van der Waals surface area contributed by atoms with Gasteiger partial charge in [-0.2, -0.15) is 0 Å². The molecule has 2 aliphatic rings. The maximum Gasteiger partial charge on any atom is 0.240 e. The van der Waals surface area contributed by atoms with Crippen molar-refractivity contribution in [3.8, 4) is 0 Å². The molecule has 2 fully saturated rings. The van der Waals surface area contributed by atoms with Crippen molar-refractivity contribution in [2.24, 2.45) is 11.3 Å². The van der Waals surface area contributed by atoms with Crippen LogP contribution in [0.2, 0.25) is 0 Å². The van der Waals surface area contributed by atoms with E-state index < -0.39 is 5.41 Å². The Bertz CT molecular complexity index is 685. The summed E-state index contributed by atoms with van der Waals surface area (Å²) in [5.74, 6) is 1.23. The van der Waals surface area contributed by atoms with Crippen molar-refractivity contribution < 1.29 is 9.59 Å². The van der Waals surface area contributed by atoms with Crippen molar-refractivity contribution in [2.45, 2.75) is 72.1 Å². The molecule has 0 atom stereocenters. The van der Waals surface area contributed by atoms with Gasteiger partial charge in [0.2, 0.25) is 11.8 Å². The molecular formula is C23H34N2O2. The third-order valence-corrected chi connectivity index (χ3v) is 6.28. The van der Waals surface area contributed by atoms with E-state index in [1.165, 1.54) is 0 Å². The van der Waals surface area contributed by atoms with Crippen LogP contribution < -0.4 is 5.32 Å². The molecular weight excluding hydrogens is 336 g/mol. The van der Waals surface area contributed by atoms with Crippen molar-refractivity contribution in [3.05, 3.63) is 29.3 Å². The number of benzene rings is 1. The third-order valence-electron chi connectivity index (χ3n) is 6.28. The number of rotatable bonds is 5. The molecule has 1 aromatic carbocycles. The van der Waals surface area contributed by atoms with Gasteiger partial charge in [0.15, 0.2) is 0 Å². The van der Waals surface area contributed by atoms with Crippen molar-refractivity contribution in [2.75, 3.05) is 18.4 Å². The third kappa shape index (κ3) is 3.90. The molecule has 0 radical (unpaired) electrons. The maximum atomic E-state index is 13.2. The van der Waals surface area contributed by atoms with Crippen LogP contribution in [0.3, 0.4) is 0 Å². The van der Waals surface area contributed by atoms with Crippen LogP contribution >= 0.6 is 0 Å². The number of nitrogens with zero attached hydrogens (tertiary/aromatic N) is 1. The summed E-state index contributed by atoms with van der Waals surface area (Å²) in [5, 5.41) is 3.19. The fourth-order valence-electron chi connectivity index (χ4n) is 4.11. The summed E-state index contributed by atoms with van der Waals surface area (Å²) in [6.07, 6.45) is 3.42. The van der Waals surface area contributed by atoms with Crippen LogP contribution in [-0.2, 0) is 9.59 Å². The van der Waals surface area contributed by atoms with Crippen molar-refractivity contribution in [3.63, 3.8) is 0 Å². The molecule has 1 saturated carbocycles. The van der Waals surface area contributed by atoms with Crippen molar-refractivity contribution in [1.29, 1.82) is 0 Å². The summed E-state index contributed by atoms with van der Waals surface area (Å²) in [6.45, 7) is 12.4. The minimum Gasteiger partial charge on any atom is -0.342 e. The molecule has 0 unspecified atom stereocenters. The Morgan fingerprint density at radius 1 is 1.04 bits per heavy atom. The van der Waals surface area contributed by atoms with Crippen molar-refractivity contribution >= 4 is 17.5 Å². The molecule has 1 aliphatic heterocycles. The molecule has 0 bridgehead atoms. The van der Waals surface area contributed by atoms with Gasteiger partial charge in [-0.15, -0.1) is 0 Å². The minimum atomic E-state index is -0.834. The monoisotopic (exact) mass is 370 g/mol. The van der Waals surface area contributed by atoms with Gasteiger partial charge in [-0.05, 0) is 54.6 Å². The average molecular weight is 371 g/mol. The SMILES string of the molecule is CC1CCN(C(=O)C2(C(=O)Nc3c(C(C)C)cccc3C(C)C)CC2)CC1. The highest BCUT2D eigenvalue weighted by atomic mass is 16.2. The summed E-state index contributed by atoms with van der Waals surface area (Å²) in [7, 11) is 0. The first-order valence-corrected chi connectivity index (χ1v) is 10.5. The number of piperidine rings is 1. The zero-order chi connectivity index (χ0) is 19.8. The molecule has 4 nitrogen and oxygen atoms in total. The zero-order valence-electron chi connectivity index (χ0n) is 17.5. The van der Waals surface area contributed by atoms with Crippen LogP contribution in [0.25, 0.3) is 0 Å². The standard InChI is InChI=1S/C23H34N2O2/c1-15(2)18-7-6-8-19(16(3)4)20(18)24-21(26)23(11-12-23)22(27)25-13-9-17(5)10-14-25/h6-8,15-17H,9-14H2,1-5H3,(H,24,26). The predicted molar refractivity (Wildman–Crippen MR) is 110 cm³/mol. The molecule has 4 heteroatoms. The highest BCUT2D eigenvalue weighted by molar-refractivity contribution is 6.13. The Kier molecular flexibility index (Phi) is 5.64. The Morgan fingerprint density at radius 3 is 2.00 bits per heavy atom. The van der Waals surface area contributed by atoms with Gasteiger partial charge < -0.3 is 10.2 Å². The molecule has 1 saturated heterocycles. The molecule has 3 rings (SSSR count). The van der Waals surface area contributed by atoms with Gasteiger partial charge in [-0.1, -0.05) is 52.8 Å². The van der Waals surface area contributed by atoms with E-state index in [1.807, 2.05) is 4.90 Å². The molecule has 0 spiro atoms. The lowest BCUT2D eigenvalue weighted by atomic mass is 9.91. The number of para-hydroxylation sites is 1. The van der Waals surface area contributed by atoms with E-state index in [9.17, 15) is 9.59 Å². The predicted octanol–water partition coefficient (Wildman–Crippen LogP) is 4.91. The van der Waals surface area contributed by atoms with Gasteiger partial charge in [0.05, 0.1) is 0 Å². The highest BCUT2D eigenvalue weighted by Gasteiger charge is 2.58. The number of hydrogen-bond donors (Lipinski definition) is 1. The van der Waals surface area contributed by atoms with E-state index in [4.69, 9.17) is 0 Å². The highest BCUT2D eigenvalue weighted by Crippen LogP contribution is 2.49. The lowest BCUT2D eigenvalue weighted by Gasteiger charge is -2.33. The summed E-state index contributed by atoms with van der Waals surface area (Å²) < 4.78 is 0. The molecule has 2 amide bonds. The second kappa shape index (κ2) is 7.65. The minimum absolute atomic E-state index is 0.0417. The fraction of sp³-hybridized carbons (Fsp3) is 0.652. The van der Waals surface area contributed by atoms with Crippen LogP contribution in [0.5, 0.6) is 0 Å². The van der Waals surface area contributed by atoms with Crippen LogP contribution in [0.15, 0.2) is 18.2 Å². The number of carbonyl (C=O) groups is 2. The first-order valence-electron chi connectivity index (χ1n) is 10.5. The van der Waals surface area contributed by atoms with Gasteiger partial charge in [-0.25, -0.2) is 0 Å². The van der Waals surface area contributed by atoms with Gasteiger partial charge in [-0.3, -0.25) is 9.59 Å². The first kappa shape index (κ1) is 19.9. The largest absolute Gasteiger partial charge is 0.342 e. The van der Waals surface area contributed by atoms with Crippen LogP contribution in [0.1, 0.15) is 83.3 Å². The molecule has 1 heterocycles. The number of carbonyl (C=O) groups excluding carboxylic acids is 2. The Balaban J connectivity index is 1.82. The Morgan fingerprint density at radius 2 is 1.56 bits per heavy atom. The van der Waals surface area contributed by atoms with Gasteiger partial charge >= 0.3 is 0 Å². The first-order chi connectivity index (χ1) is 12.8. The summed E-state index contributed by atoms with van der Waals surface area (Å²) in [6, 6.07) is 6.23. The number of hydrogen-bond acceptors (Lipinski definition) is 2. The summed E-state index contributed by atoms with van der Waals surface area (Å²) in [4.78, 5) is 28.3. The van der Waals surface area contributed by atoms with E-state index >= 15 is 0 Å². The lowest BCUT2D eigenvalue weighted by molar-refractivity contribution is -0.143. The molecule has 0 aromatic heterocycles. The quantitative estimate of drug-likeness (QED) is 0.749.